The highest BCUT2D eigenvalue weighted by molar-refractivity contribution is 7.96. The van der Waals surface area contributed by atoms with Crippen LogP contribution in [0.5, 0.6) is 0 Å². The summed E-state index contributed by atoms with van der Waals surface area (Å²) >= 11 is 1.50. The molecule has 3 nitrogen and oxygen atoms in total. The first kappa shape index (κ1) is 8.87. The van der Waals surface area contributed by atoms with Crippen LogP contribution in [0.1, 0.15) is 13.8 Å². The van der Waals surface area contributed by atoms with Gasteiger partial charge in [0.15, 0.2) is 0 Å². The fourth-order valence-electron chi connectivity index (χ4n) is 1.13. The van der Waals surface area contributed by atoms with Crippen LogP contribution in [0.15, 0.2) is 0 Å². The molecule has 1 heterocycles. The lowest BCUT2D eigenvalue weighted by Gasteiger charge is -2.36. The summed E-state index contributed by atoms with van der Waals surface area (Å²) in [6, 6.07) is 0. The van der Waals surface area contributed by atoms with Crippen LogP contribution in [0, 0.1) is 0 Å². The molecule has 1 saturated heterocycles. The maximum atomic E-state index is 11.5. The fourth-order valence-corrected chi connectivity index (χ4v) is 1.80. The molecule has 0 aromatic rings. The molecule has 0 aliphatic carbocycles. The molecule has 0 aromatic carbocycles. The number of piperazine rings is 1. The average Bonchev–Trinajstić information content (AvgIpc) is 1.95. The van der Waals surface area contributed by atoms with Gasteiger partial charge >= 0.3 is 0 Å². The molecule has 11 heavy (non-hydrogen) atoms. The first-order valence-electron chi connectivity index (χ1n) is 3.69. The van der Waals surface area contributed by atoms with Crippen LogP contribution in [-0.2, 0) is 4.79 Å². The standard InChI is InChI=1S/C7H14N2OS/c1-7(2)6(10)9(11-3)5-4-8-7/h8H,4-5H2,1-3H3. The second-order valence-corrected chi connectivity index (χ2v) is 3.95. The Kier molecular flexibility index (Phi) is 2.44. The van der Waals surface area contributed by atoms with E-state index in [1.54, 1.807) is 4.31 Å². The number of nitrogens with one attached hydrogen (secondary N) is 1. The molecular formula is C7H14N2OS. The van der Waals surface area contributed by atoms with Crippen molar-refractivity contribution in [3.8, 4) is 0 Å². The molecule has 0 unspecified atom stereocenters. The second kappa shape index (κ2) is 3.03. The second-order valence-electron chi connectivity index (χ2n) is 3.14. The van der Waals surface area contributed by atoms with Crippen molar-refractivity contribution in [2.75, 3.05) is 19.3 Å². The lowest BCUT2D eigenvalue weighted by molar-refractivity contribution is -0.133. The Morgan fingerprint density at radius 3 is 2.73 bits per heavy atom. The summed E-state index contributed by atoms with van der Waals surface area (Å²) in [6.45, 7) is 5.53. The highest BCUT2D eigenvalue weighted by Crippen LogP contribution is 2.17. The number of carbonyl (C=O) groups excluding carboxylic acids is 1. The van der Waals surface area contributed by atoms with E-state index in [2.05, 4.69) is 5.32 Å². The quantitative estimate of drug-likeness (QED) is 0.587. The maximum Gasteiger partial charge on any atom is 0.252 e. The Balaban J connectivity index is 2.68. The van der Waals surface area contributed by atoms with Gasteiger partial charge in [-0.2, -0.15) is 0 Å². The normalized spacial score (nSPS) is 23.9. The van der Waals surface area contributed by atoms with Crippen LogP contribution in [0.2, 0.25) is 0 Å². The van der Waals surface area contributed by atoms with E-state index < -0.39 is 0 Å². The Labute approximate surface area is 71.7 Å². The van der Waals surface area contributed by atoms with Gasteiger partial charge in [-0.1, -0.05) is 11.9 Å². The third-order valence-electron chi connectivity index (χ3n) is 1.86. The van der Waals surface area contributed by atoms with Crippen LogP contribution in [0.4, 0.5) is 0 Å². The van der Waals surface area contributed by atoms with Gasteiger partial charge in [-0.15, -0.1) is 0 Å². The van der Waals surface area contributed by atoms with Crippen LogP contribution in [0.3, 0.4) is 0 Å². The molecular weight excluding hydrogens is 160 g/mol. The Morgan fingerprint density at radius 1 is 1.64 bits per heavy atom. The van der Waals surface area contributed by atoms with Gasteiger partial charge in [0.2, 0.25) is 0 Å². The van der Waals surface area contributed by atoms with Gasteiger partial charge in [0.25, 0.3) is 5.91 Å². The molecule has 0 atom stereocenters. The van der Waals surface area contributed by atoms with Crippen molar-refractivity contribution >= 4 is 17.9 Å². The molecule has 0 radical (unpaired) electrons. The monoisotopic (exact) mass is 174 g/mol. The highest BCUT2D eigenvalue weighted by Gasteiger charge is 2.34. The summed E-state index contributed by atoms with van der Waals surface area (Å²) in [5.74, 6) is 0.177. The minimum Gasteiger partial charge on any atom is -0.302 e. The summed E-state index contributed by atoms with van der Waals surface area (Å²) in [4.78, 5) is 11.5. The zero-order chi connectivity index (χ0) is 8.48. The smallest absolute Gasteiger partial charge is 0.252 e. The predicted octanol–water partition coefficient (Wildman–Crippen LogP) is 0.475. The van der Waals surface area contributed by atoms with E-state index in [1.165, 1.54) is 11.9 Å². The molecule has 0 saturated carbocycles. The van der Waals surface area contributed by atoms with Crippen molar-refractivity contribution in [1.29, 1.82) is 0 Å². The topological polar surface area (TPSA) is 32.3 Å². The Bertz CT molecular complexity index is 170. The van der Waals surface area contributed by atoms with Gasteiger partial charge in [0.05, 0.1) is 5.54 Å². The van der Waals surface area contributed by atoms with E-state index in [9.17, 15) is 4.79 Å². The summed E-state index contributed by atoms with van der Waals surface area (Å²) in [5, 5.41) is 3.17. The number of carbonyl (C=O) groups is 1. The third kappa shape index (κ3) is 1.68. The van der Waals surface area contributed by atoms with Crippen molar-refractivity contribution in [2.45, 2.75) is 19.4 Å². The fraction of sp³-hybridized carbons (Fsp3) is 0.857. The molecule has 4 heteroatoms. The van der Waals surface area contributed by atoms with E-state index in [4.69, 9.17) is 0 Å². The number of amides is 1. The third-order valence-corrected chi connectivity index (χ3v) is 2.65. The van der Waals surface area contributed by atoms with Crippen molar-refractivity contribution in [2.24, 2.45) is 0 Å². The van der Waals surface area contributed by atoms with Crippen LogP contribution in [-0.4, -0.2) is 35.1 Å². The van der Waals surface area contributed by atoms with Gasteiger partial charge in [0, 0.05) is 19.3 Å². The molecule has 1 aliphatic heterocycles. The molecule has 0 aromatic heterocycles. The summed E-state index contributed by atoms with van der Waals surface area (Å²) < 4.78 is 1.80. The first-order valence-corrected chi connectivity index (χ1v) is 4.87. The molecule has 1 fully saturated rings. The lowest BCUT2D eigenvalue weighted by atomic mass is 10.0. The molecule has 64 valence electrons. The van der Waals surface area contributed by atoms with Crippen molar-refractivity contribution in [1.82, 2.24) is 9.62 Å². The molecule has 1 aliphatic rings. The maximum absolute atomic E-state index is 11.5. The van der Waals surface area contributed by atoms with Gasteiger partial charge in [-0.3, -0.25) is 9.10 Å². The van der Waals surface area contributed by atoms with Crippen LogP contribution >= 0.6 is 11.9 Å². The van der Waals surface area contributed by atoms with E-state index in [1.807, 2.05) is 20.1 Å². The molecule has 1 amide bonds. The largest absolute Gasteiger partial charge is 0.302 e. The van der Waals surface area contributed by atoms with Crippen LogP contribution in [0.25, 0.3) is 0 Å². The summed E-state index contributed by atoms with van der Waals surface area (Å²) in [5.41, 5.74) is -0.374. The van der Waals surface area contributed by atoms with E-state index >= 15 is 0 Å². The molecule has 0 bridgehead atoms. The molecule has 1 rings (SSSR count). The summed E-state index contributed by atoms with van der Waals surface area (Å²) in [6.07, 6.45) is 1.93. The zero-order valence-electron chi connectivity index (χ0n) is 7.18. The molecule has 1 N–H and O–H groups in total. The van der Waals surface area contributed by atoms with E-state index in [-0.39, 0.29) is 11.4 Å². The summed E-state index contributed by atoms with van der Waals surface area (Å²) in [7, 11) is 0. The Hall–Kier alpha value is -0.220. The number of hydrogen-bond donors (Lipinski definition) is 1. The van der Waals surface area contributed by atoms with Gasteiger partial charge in [0.1, 0.15) is 0 Å². The SMILES string of the molecule is CSN1CCNC(C)(C)C1=O. The molecule has 0 spiro atoms. The van der Waals surface area contributed by atoms with Crippen molar-refractivity contribution in [3.05, 3.63) is 0 Å². The number of hydrogen-bond acceptors (Lipinski definition) is 3. The van der Waals surface area contributed by atoms with Gasteiger partial charge in [-0.25, -0.2) is 0 Å². The van der Waals surface area contributed by atoms with Gasteiger partial charge < -0.3 is 5.32 Å². The van der Waals surface area contributed by atoms with Crippen molar-refractivity contribution in [3.63, 3.8) is 0 Å². The number of nitrogens with zero attached hydrogens (tertiary/aromatic N) is 1. The van der Waals surface area contributed by atoms with Gasteiger partial charge in [-0.05, 0) is 13.8 Å². The van der Waals surface area contributed by atoms with Crippen molar-refractivity contribution < 1.29 is 4.79 Å². The first-order chi connectivity index (χ1) is 5.08. The van der Waals surface area contributed by atoms with Crippen LogP contribution < -0.4 is 5.32 Å². The van der Waals surface area contributed by atoms with E-state index in [0.717, 1.165) is 13.1 Å². The zero-order valence-corrected chi connectivity index (χ0v) is 7.99. The Morgan fingerprint density at radius 2 is 2.27 bits per heavy atom. The number of rotatable bonds is 1. The highest BCUT2D eigenvalue weighted by atomic mass is 32.2. The lowest BCUT2D eigenvalue weighted by Crippen LogP contribution is -2.59. The minimum absolute atomic E-state index is 0.177. The predicted molar refractivity (Wildman–Crippen MR) is 47.3 cm³/mol. The average molecular weight is 174 g/mol. The van der Waals surface area contributed by atoms with E-state index in [0.29, 0.717) is 0 Å². The minimum atomic E-state index is -0.374.